The van der Waals surface area contributed by atoms with E-state index in [2.05, 4.69) is 0 Å². The molecule has 0 bridgehead atoms. The van der Waals surface area contributed by atoms with Crippen molar-refractivity contribution in [3.63, 3.8) is 0 Å². The van der Waals surface area contributed by atoms with Crippen LogP contribution >= 0.6 is 23.2 Å². The first-order chi connectivity index (χ1) is 10.2. The van der Waals surface area contributed by atoms with Gasteiger partial charge in [0.15, 0.2) is 17.5 Å². The Morgan fingerprint density at radius 3 is 2.36 bits per heavy atom. The van der Waals surface area contributed by atoms with E-state index in [0.29, 0.717) is 17.7 Å². The van der Waals surface area contributed by atoms with Gasteiger partial charge in [-0.15, -0.1) is 0 Å². The Morgan fingerprint density at radius 2 is 1.68 bits per heavy atom. The van der Waals surface area contributed by atoms with Gasteiger partial charge in [-0.25, -0.2) is 26.3 Å². The van der Waals surface area contributed by atoms with Crippen LogP contribution in [0.5, 0.6) is 0 Å². The van der Waals surface area contributed by atoms with E-state index in [4.69, 9.17) is 23.2 Å². The van der Waals surface area contributed by atoms with Crippen LogP contribution in [-0.4, -0.2) is 8.42 Å². The van der Waals surface area contributed by atoms with Gasteiger partial charge in [0.25, 0.3) is 0 Å². The molecule has 0 heterocycles. The van der Waals surface area contributed by atoms with E-state index >= 15 is 0 Å². The first-order valence-corrected chi connectivity index (χ1v) is 8.04. The highest BCUT2D eigenvalue weighted by Gasteiger charge is 2.24. The van der Waals surface area contributed by atoms with Crippen molar-refractivity contribution in [2.45, 2.75) is 11.4 Å². The van der Waals surface area contributed by atoms with Gasteiger partial charge in [0.05, 0.1) is 10.0 Å². The van der Waals surface area contributed by atoms with E-state index < -0.39 is 32.4 Å². The first-order valence-electron chi connectivity index (χ1n) is 5.80. The third-order valence-electron chi connectivity index (χ3n) is 2.77. The quantitative estimate of drug-likeness (QED) is 0.831. The number of benzene rings is 2. The molecule has 2 aromatic carbocycles. The standard InChI is InChI=1S/C13H8Cl2F3NO2S/c14-8-3-1-2-7(11(8)15)6-19-22(20,21)10-5-4-9(16)12(17)13(10)18/h1-5,19H,6H2. The molecule has 0 aliphatic heterocycles. The molecule has 0 spiro atoms. The van der Waals surface area contributed by atoms with E-state index in [1.165, 1.54) is 12.1 Å². The summed E-state index contributed by atoms with van der Waals surface area (Å²) in [6.07, 6.45) is 0. The molecule has 0 aliphatic carbocycles. The zero-order chi connectivity index (χ0) is 16.5. The second-order valence-corrected chi connectivity index (χ2v) is 6.73. The maximum Gasteiger partial charge on any atom is 0.243 e. The van der Waals surface area contributed by atoms with Gasteiger partial charge >= 0.3 is 0 Å². The van der Waals surface area contributed by atoms with Gasteiger partial charge < -0.3 is 0 Å². The molecule has 0 aromatic heterocycles. The van der Waals surface area contributed by atoms with Crippen LogP contribution in [0.3, 0.4) is 0 Å². The predicted molar refractivity (Wildman–Crippen MR) is 76.8 cm³/mol. The Balaban J connectivity index is 2.29. The number of halogens is 5. The van der Waals surface area contributed by atoms with Crippen molar-refractivity contribution in [3.8, 4) is 0 Å². The largest absolute Gasteiger partial charge is 0.243 e. The van der Waals surface area contributed by atoms with Crippen LogP contribution < -0.4 is 4.72 Å². The minimum Gasteiger partial charge on any atom is -0.207 e. The van der Waals surface area contributed by atoms with Gasteiger partial charge in [-0.2, -0.15) is 0 Å². The predicted octanol–water partition coefficient (Wildman–Crippen LogP) is 3.89. The molecule has 1 N–H and O–H groups in total. The van der Waals surface area contributed by atoms with Crippen molar-refractivity contribution in [1.82, 2.24) is 4.72 Å². The monoisotopic (exact) mass is 369 g/mol. The lowest BCUT2D eigenvalue weighted by molar-refractivity contribution is 0.431. The maximum absolute atomic E-state index is 13.5. The summed E-state index contributed by atoms with van der Waals surface area (Å²) in [6.45, 7) is -0.292. The smallest absolute Gasteiger partial charge is 0.207 e. The van der Waals surface area contributed by atoms with Crippen LogP contribution in [0.25, 0.3) is 0 Å². The fourth-order valence-corrected chi connectivity index (χ4v) is 3.11. The summed E-state index contributed by atoms with van der Waals surface area (Å²) in [5.41, 5.74) is 0.348. The number of rotatable bonds is 4. The van der Waals surface area contributed by atoms with Crippen LogP contribution in [0.2, 0.25) is 10.0 Å². The minimum atomic E-state index is -4.39. The summed E-state index contributed by atoms with van der Waals surface area (Å²) >= 11 is 11.7. The van der Waals surface area contributed by atoms with Crippen molar-refractivity contribution in [2.75, 3.05) is 0 Å². The fourth-order valence-electron chi connectivity index (χ4n) is 1.65. The number of nitrogens with one attached hydrogen (secondary N) is 1. The summed E-state index contributed by atoms with van der Waals surface area (Å²) in [7, 11) is -4.39. The molecule has 0 atom stereocenters. The second-order valence-electron chi connectivity index (χ2n) is 4.21. The van der Waals surface area contributed by atoms with E-state index in [0.717, 1.165) is 0 Å². The number of hydrogen-bond acceptors (Lipinski definition) is 2. The fraction of sp³-hybridized carbons (Fsp3) is 0.0769. The molecule has 9 heteroatoms. The molecule has 0 aliphatic rings. The maximum atomic E-state index is 13.5. The molecule has 2 aromatic rings. The summed E-state index contributed by atoms with van der Waals surface area (Å²) in [5.74, 6) is -5.12. The lowest BCUT2D eigenvalue weighted by atomic mass is 10.2. The highest BCUT2D eigenvalue weighted by Crippen LogP contribution is 2.26. The van der Waals surface area contributed by atoms with Crippen molar-refractivity contribution in [3.05, 3.63) is 63.4 Å². The van der Waals surface area contributed by atoms with Crippen molar-refractivity contribution in [1.29, 1.82) is 0 Å². The van der Waals surface area contributed by atoms with E-state index in [1.807, 2.05) is 4.72 Å². The molecule has 118 valence electrons. The molecule has 0 saturated carbocycles. The van der Waals surface area contributed by atoms with Crippen LogP contribution in [0.1, 0.15) is 5.56 Å². The van der Waals surface area contributed by atoms with Gasteiger partial charge in [0.1, 0.15) is 4.90 Å². The van der Waals surface area contributed by atoms with Crippen molar-refractivity contribution >= 4 is 33.2 Å². The van der Waals surface area contributed by atoms with Gasteiger partial charge in [-0.05, 0) is 23.8 Å². The van der Waals surface area contributed by atoms with Crippen LogP contribution in [0.15, 0.2) is 35.2 Å². The zero-order valence-corrected chi connectivity index (χ0v) is 13.0. The van der Waals surface area contributed by atoms with Gasteiger partial charge in [0, 0.05) is 6.54 Å². The van der Waals surface area contributed by atoms with Crippen LogP contribution in [-0.2, 0) is 16.6 Å². The van der Waals surface area contributed by atoms with Crippen LogP contribution in [0, 0.1) is 17.5 Å². The Kier molecular flexibility index (Phi) is 5.01. The van der Waals surface area contributed by atoms with Gasteiger partial charge in [-0.1, -0.05) is 35.3 Å². The number of hydrogen-bond donors (Lipinski definition) is 1. The third kappa shape index (κ3) is 3.38. The minimum absolute atomic E-state index is 0.137. The average molecular weight is 370 g/mol. The molecule has 22 heavy (non-hydrogen) atoms. The average Bonchev–Trinajstić information content (AvgIpc) is 2.46. The molecule has 3 nitrogen and oxygen atoms in total. The van der Waals surface area contributed by atoms with E-state index in [9.17, 15) is 21.6 Å². The zero-order valence-electron chi connectivity index (χ0n) is 10.7. The van der Waals surface area contributed by atoms with E-state index in [-0.39, 0.29) is 16.6 Å². The Labute approximate surface area is 134 Å². The summed E-state index contributed by atoms with van der Waals surface area (Å²) in [6, 6.07) is 5.74. The molecule has 2 rings (SSSR count). The highest BCUT2D eigenvalue weighted by molar-refractivity contribution is 7.89. The molecule has 0 saturated heterocycles. The second kappa shape index (κ2) is 6.45. The van der Waals surface area contributed by atoms with Gasteiger partial charge in [-0.3, -0.25) is 0 Å². The Hall–Kier alpha value is -1.28. The summed E-state index contributed by atoms with van der Waals surface area (Å²) in [5, 5.41) is 0.356. The molecule has 0 fully saturated rings. The highest BCUT2D eigenvalue weighted by atomic mass is 35.5. The molecular weight excluding hydrogens is 362 g/mol. The van der Waals surface area contributed by atoms with Crippen molar-refractivity contribution in [2.24, 2.45) is 0 Å². The topological polar surface area (TPSA) is 46.2 Å². The molecule has 0 unspecified atom stereocenters. The molecule has 0 amide bonds. The van der Waals surface area contributed by atoms with Gasteiger partial charge in [0.2, 0.25) is 10.0 Å². The van der Waals surface area contributed by atoms with E-state index in [1.54, 1.807) is 6.07 Å². The molecule has 0 radical (unpaired) electrons. The van der Waals surface area contributed by atoms with Crippen molar-refractivity contribution < 1.29 is 21.6 Å². The van der Waals surface area contributed by atoms with Crippen LogP contribution in [0.4, 0.5) is 13.2 Å². The lowest BCUT2D eigenvalue weighted by Crippen LogP contribution is -2.25. The third-order valence-corrected chi connectivity index (χ3v) is 5.05. The molecular formula is C13H8Cl2F3NO2S. The summed E-state index contributed by atoms with van der Waals surface area (Å²) < 4.78 is 65.5. The normalized spacial score (nSPS) is 11.7. The SMILES string of the molecule is O=S(=O)(NCc1cccc(Cl)c1Cl)c1ccc(F)c(F)c1F. The number of sulfonamides is 1. The summed E-state index contributed by atoms with van der Waals surface area (Å²) in [4.78, 5) is -0.996. The Morgan fingerprint density at radius 1 is 1.00 bits per heavy atom. The lowest BCUT2D eigenvalue weighted by Gasteiger charge is -2.10. The Bertz CT molecular complexity index is 828. The first kappa shape index (κ1) is 17.1.